The third kappa shape index (κ3) is 4.24. The van der Waals surface area contributed by atoms with Crippen LogP contribution < -0.4 is 11.1 Å². The van der Waals surface area contributed by atoms with Crippen LogP contribution in [0, 0.1) is 0 Å². The SMILES string of the molecule is CCCc1c(N)ncnc1NCCN1CCSCC1. The van der Waals surface area contributed by atoms with Crippen molar-refractivity contribution in [2.24, 2.45) is 0 Å². The van der Waals surface area contributed by atoms with Crippen molar-refractivity contribution in [3.05, 3.63) is 11.9 Å². The third-order valence-electron chi connectivity index (χ3n) is 3.30. The molecule has 1 aromatic rings. The lowest BCUT2D eigenvalue weighted by molar-refractivity contribution is 0.314. The summed E-state index contributed by atoms with van der Waals surface area (Å²) < 4.78 is 0. The summed E-state index contributed by atoms with van der Waals surface area (Å²) in [6.07, 6.45) is 3.51. The number of nitrogen functional groups attached to an aromatic ring is 1. The second-order valence-electron chi connectivity index (χ2n) is 4.72. The molecule has 0 atom stereocenters. The maximum Gasteiger partial charge on any atom is 0.134 e. The first-order valence-electron chi connectivity index (χ1n) is 6.94. The fraction of sp³-hybridized carbons (Fsp3) is 0.692. The summed E-state index contributed by atoms with van der Waals surface area (Å²) in [6.45, 7) is 6.51. The van der Waals surface area contributed by atoms with E-state index in [1.54, 1.807) is 0 Å². The van der Waals surface area contributed by atoms with Crippen LogP contribution in [0.25, 0.3) is 0 Å². The van der Waals surface area contributed by atoms with Gasteiger partial charge in [0.1, 0.15) is 18.0 Å². The number of nitrogens with one attached hydrogen (secondary N) is 1. The molecule has 2 rings (SSSR count). The number of hydrogen-bond donors (Lipinski definition) is 2. The van der Waals surface area contributed by atoms with Crippen molar-refractivity contribution < 1.29 is 0 Å². The summed E-state index contributed by atoms with van der Waals surface area (Å²) in [5.41, 5.74) is 6.97. The zero-order valence-corrected chi connectivity index (χ0v) is 12.4. The molecule has 0 saturated carbocycles. The lowest BCUT2D eigenvalue weighted by Crippen LogP contribution is -2.36. The average molecular weight is 281 g/mol. The van der Waals surface area contributed by atoms with Gasteiger partial charge in [0.05, 0.1) is 0 Å². The van der Waals surface area contributed by atoms with E-state index < -0.39 is 0 Å². The van der Waals surface area contributed by atoms with Crippen molar-refractivity contribution in [2.75, 3.05) is 48.7 Å². The zero-order chi connectivity index (χ0) is 13.5. The highest BCUT2D eigenvalue weighted by atomic mass is 32.2. The summed E-state index contributed by atoms with van der Waals surface area (Å²) in [4.78, 5) is 10.9. The predicted molar refractivity (Wildman–Crippen MR) is 82.7 cm³/mol. The molecule has 19 heavy (non-hydrogen) atoms. The highest BCUT2D eigenvalue weighted by molar-refractivity contribution is 7.99. The molecule has 0 unspecified atom stereocenters. The minimum Gasteiger partial charge on any atom is -0.383 e. The zero-order valence-electron chi connectivity index (χ0n) is 11.6. The van der Waals surface area contributed by atoms with E-state index in [0.29, 0.717) is 5.82 Å². The molecule has 5 nitrogen and oxygen atoms in total. The Balaban J connectivity index is 1.86. The Morgan fingerprint density at radius 2 is 2.16 bits per heavy atom. The molecule has 6 heteroatoms. The van der Waals surface area contributed by atoms with E-state index in [1.807, 2.05) is 11.8 Å². The molecule has 1 saturated heterocycles. The van der Waals surface area contributed by atoms with Crippen molar-refractivity contribution in [3.8, 4) is 0 Å². The molecule has 0 bridgehead atoms. The Bertz CT molecular complexity index is 393. The molecule has 0 aromatic carbocycles. The molecule has 0 radical (unpaired) electrons. The summed E-state index contributed by atoms with van der Waals surface area (Å²) in [7, 11) is 0. The van der Waals surface area contributed by atoms with Gasteiger partial charge in [-0.25, -0.2) is 9.97 Å². The Labute approximate surface area is 119 Å². The number of hydrogen-bond acceptors (Lipinski definition) is 6. The van der Waals surface area contributed by atoms with Crippen molar-refractivity contribution >= 4 is 23.4 Å². The molecule has 1 aliphatic rings. The number of thioether (sulfide) groups is 1. The normalized spacial score (nSPS) is 16.5. The van der Waals surface area contributed by atoms with Crippen LogP contribution in [0.4, 0.5) is 11.6 Å². The van der Waals surface area contributed by atoms with E-state index in [9.17, 15) is 0 Å². The van der Waals surface area contributed by atoms with E-state index in [4.69, 9.17) is 5.73 Å². The number of nitrogens with zero attached hydrogens (tertiary/aromatic N) is 3. The Morgan fingerprint density at radius 3 is 2.89 bits per heavy atom. The average Bonchev–Trinajstić information content (AvgIpc) is 2.44. The standard InChI is InChI=1S/C13H23N5S/c1-2-3-11-12(14)16-10-17-13(11)15-4-5-18-6-8-19-9-7-18/h10H,2-9H2,1H3,(H3,14,15,16,17). The van der Waals surface area contributed by atoms with Gasteiger partial charge in [-0.15, -0.1) is 0 Å². The van der Waals surface area contributed by atoms with Gasteiger partial charge in [-0.1, -0.05) is 13.3 Å². The van der Waals surface area contributed by atoms with Crippen LogP contribution in [-0.4, -0.2) is 52.6 Å². The van der Waals surface area contributed by atoms with Gasteiger partial charge in [-0.2, -0.15) is 11.8 Å². The third-order valence-corrected chi connectivity index (χ3v) is 4.25. The van der Waals surface area contributed by atoms with Gasteiger partial charge in [0.25, 0.3) is 0 Å². The van der Waals surface area contributed by atoms with Crippen LogP contribution >= 0.6 is 11.8 Å². The minimum absolute atomic E-state index is 0.605. The monoisotopic (exact) mass is 281 g/mol. The summed E-state index contributed by atoms with van der Waals surface area (Å²) in [5, 5.41) is 3.41. The van der Waals surface area contributed by atoms with Crippen molar-refractivity contribution in [1.29, 1.82) is 0 Å². The molecule has 2 heterocycles. The van der Waals surface area contributed by atoms with Gasteiger partial charge >= 0.3 is 0 Å². The van der Waals surface area contributed by atoms with E-state index in [0.717, 1.165) is 37.3 Å². The van der Waals surface area contributed by atoms with E-state index >= 15 is 0 Å². The summed E-state index contributed by atoms with van der Waals surface area (Å²) in [6, 6.07) is 0. The van der Waals surface area contributed by atoms with Crippen molar-refractivity contribution in [2.45, 2.75) is 19.8 Å². The molecule has 106 valence electrons. The van der Waals surface area contributed by atoms with Gasteiger partial charge in [0, 0.05) is 43.2 Å². The van der Waals surface area contributed by atoms with E-state index in [-0.39, 0.29) is 0 Å². The first-order chi connectivity index (χ1) is 9.31. The number of anilines is 2. The van der Waals surface area contributed by atoms with Crippen LogP contribution in [0.15, 0.2) is 6.33 Å². The quantitative estimate of drug-likeness (QED) is 0.823. The van der Waals surface area contributed by atoms with E-state index in [1.165, 1.54) is 30.9 Å². The molecule has 3 N–H and O–H groups in total. The number of rotatable bonds is 6. The van der Waals surface area contributed by atoms with Crippen molar-refractivity contribution in [1.82, 2.24) is 14.9 Å². The smallest absolute Gasteiger partial charge is 0.134 e. The molecule has 0 amide bonds. The molecule has 0 spiro atoms. The lowest BCUT2D eigenvalue weighted by atomic mass is 10.1. The molecule has 0 aliphatic carbocycles. The van der Waals surface area contributed by atoms with Crippen LogP contribution in [-0.2, 0) is 6.42 Å². The first kappa shape index (κ1) is 14.4. The molecule has 1 fully saturated rings. The number of nitrogens with two attached hydrogens (primary N) is 1. The maximum absolute atomic E-state index is 5.92. The topological polar surface area (TPSA) is 67.1 Å². The van der Waals surface area contributed by atoms with Gasteiger partial charge < -0.3 is 11.1 Å². The molecular weight excluding hydrogens is 258 g/mol. The second-order valence-corrected chi connectivity index (χ2v) is 5.94. The maximum atomic E-state index is 5.92. The Kier molecular flexibility index (Phi) is 5.72. The fourth-order valence-corrected chi connectivity index (χ4v) is 3.21. The van der Waals surface area contributed by atoms with Gasteiger partial charge in [-0.3, -0.25) is 4.90 Å². The van der Waals surface area contributed by atoms with Gasteiger partial charge in [0.2, 0.25) is 0 Å². The van der Waals surface area contributed by atoms with Gasteiger partial charge in [-0.05, 0) is 6.42 Å². The second kappa shape index (κ2) is 7.55. The Morgan fingerprint density at radius 1 is 1.37 bits per heavy atom. The van der Waals surface area contributed by atoms with Crippen LogP contribution in [0.1, 0.15) is 18.9 Å². The van der Waals surface area contributed by atoms with Crippen LogP contribution in [0.5, 0.6) is 0 Å². The van der Waals surface area contributed by atoms with E-state index in [2.05, 4.69) is 27.1 Å². The molecule has 1 aromatic heterocycles. The van der Waals surface area contributed by atoms with Crippen molar-refractivity contribution in [3.63, 3.8) is 0 Å². The summed E-state index contributed by atoms with van der Waals surface area (Å²) in [5.74, 6) is 4.01. The molecule has 1 aliphatic heterocycles. The largest absolute Gasteiger partial charge is 0.383 e. The highest BCUT2D eigenvalue weighted by Gasteiger charge is 2.11. The van der Waals surface area contributed by atoms with Crippen LogP contribution in [0.3, 0.4) is 0 Å². The minimum atomic E-state index is 0.605. The number of aromatic nitrogens is 2. The van der Waals surface area contributed by atoms with Crippen LogP contribution in [0.2, 0.25) is 0 Å². The fourth-order valence-electron chi connectivity index (χ4n) is 2.23. The summed E-state index contributed by atoms with van der Waals surface area (Å²) >= 11 is 2.04. The first-order valence-corrected chi connectivity index (χ1v) is 8.10. The lowest BCUT2D eigenvalue weighted by Gasteiger charge is -2.26. The Hall–Kier alpha value is -1.01. The molecular formula is C13H23N5S. The van der Waals surface area contributed by atoms with Gasteiger partial charge in [0.15, 0.2) is 0 Å². The highest BCUT2D eigenvalue weighted by Crippen LogP contribution is 2.18. The predicted octanol–water partition coefficient (Wildman–Crippen LogP) is 1.47.